The average Bonchev–Trinajstić information content (AvgIpc) is 2.72. The van der Waals surface area contributed by atoms with Crippen molar-refractivity contribution in [3.63, 3.8) is 0 Å². The number of ether oxygens (including phenoxy) is 1. The molecule has 0 aliphatic carbocycles. The van der Waals surface area contributed by atoms with Crippen LogP contribution in [0.4, 0.5) is 5.69 Å². The van der Waals surface area contributed by atoms with Crippen LogP contribution in [0.25, 0.3) is 0 Å². The van der Waals surface area contributed by atoms with Crippen LogP contribution >= 0.6 is 0 Å². The number of nitrogens with two attached hydrogens (primary N) is 3. The molecule has 1 rings (SSSR count). The Morgan fingerprint density at radius 2 is 1.76 bits per heavy atom. The van der Waals surface area contributed by atoms with Gasteiger partial charge in [0, 0.05) is 5.69 Å². The van der Waals surface area contributed by atoms with Crippen molar-refractivity contribution < 1.29 is 19.1 Å². The maximum atomic E-state index is 12.6. The zero-order valence-corrected chi connectivity index (χ0v) is 17.0. The number of carbonyl (C=O) groups excluding carboxylic acids is 3. The van der Waals surface area contributed by atoms with Gasteiger partial charge in [-0.2, -0.15) is 0 Å². The molecule has 0 fully saturated rings. The Labute approximate surface area is 171 Å². The van der Waals surface area contributed by atoms with Gasteiger partial charge in [-0.05, 0) is 63.4 Å². The predicted octanol–water partition coefficient (Wildman–Crippen LogP) is 0.516. The van der Waals surface area contributed by atoms with Gasteiger partial charge in [0.2, 0.25) is 5.91 Å². The summed E-state index contributed by atoms with van der Waals surface area (Å²) in [6.07, 6.45) is 4.80. The number of carbonyl (C=O) groups is 3. The second-order valence-corrected chi connectivity index (χ2v) is 6.80. The Kier molecular flexibility index (Phi) is 11.6. The smallest absolute Gasteiger partial charge is 0.255 e. The summed E-state index contributed by atoms with van der Waals surface area (Å²) < 4.78 is 5.24. The third kappa shape index (κ3) is 8.59. The Balaban J connectivity index is 2.82. The number of hydrogen-bond acceptors (Lipinski definition) is 7. The molecule has 0 radical (unpaired) electrons. The fourth-order valence-corrected chi connectivity index (χ4v) is 2.77. The first-order valence-electron chi connectivity index (χ1n) is 9.87. The van der Waals surface area contributed by atoms with Crippen LogP contribution in [-0.4, -0.2) is 50.4 Å². The van der Waals surface area contributed by atoms with Crippen molar-refractivity contribution >= 4 is 23.8 Å². The van der Waals surface area contributed by atoms with Gasteiger partial charge in [-0.3, -0.25) is 9.59 Å². The summed E-state index contributed by atoms with van der Waals surface area (Å²) in [5.74, 6) is -0.472. The van der Waals surface area contributed by atoms with Crippen LogP contribution in [-0.2, 0) is 9.59 Å². The lowest BCUT2D eigenvalue weighted by Crippen LogP contribution is -2.37. The van der Waals surface area contributed by atoms with Gasteiger partial charge in [0.15, 0.2) is 0 Å². The number of methoxy groups -OCH3 is 1. The molecular weight excluding hydrogens is 374 g/mol. The normalized spacial score (nSPS) is 12.7. The van der Waals surface area contributed by atoms with Crippen LogP contribution in [0.1, 0.15) is 48.9 Å². The summed E-state index contributed by atoms with van der Waals surface area (Å²) in [5.41, 5.74) is 17.4. The van der Waals surface area contributed by atoms with E-state index in [1.54, 1.807) is 12.1 Å². The molecule has 0 heterocycles. The van der Waals surface area contributed by atoms with Crippen LogP contribution in [0.3, 0.4) is 0 Å². The number of nitrogens with one attached hydrogen (secondary N) is 2. The van der Waals surface area contributed by atoms with E-state index in [-0.39, 0.29) is 11.5 Å². The lowest BCUT2D eigenvalue weighted by atomic mass is 10.1. The molecule has 162 valence electrons. The monoisotopic (exact) mass is 407 g/mol. The van der Waals surface area contributed by atoms with Crippen molar-refractivity contribution in [1.29, 1.82) is 0 Å². The molecule has 0 aromatic heterocycles. The van der Waals surface area contributed by atoms with Crippen LogP contribution in [0.5, 0.6) is 5.75 Å². The van der Waals surface area contributed by atoms with Crippen LogP contribution < -0.4 is 32.6 Å². The number of amides is 2. The molecule has 1 aromatic rings. The van der Waals surface area contributed by atoms with E-state index in [1.807, 2.05) is 0 Å². The number of anilines is 1. The van der Waals surface area contributed by atoms with Gasteiger partial charge in [-0.1, -0.05) is 6.42 Å². The first-order valence-corrected chi connectivity index (χ1v) is 9.87. The summed E-state index contributed by atoms with van der Waals surface area (Å²) in [6.45, 7) is 1.09. The molecule has 9 heteroatoms. The molecule has 2 amide bonds. The molecule has 0 aliphatic rings. The number of rotatable bonds is 14. The highest BCUT2D eigenvalue weighted by molar-refractivity contribution is 6.01. The van der Waals surface area contributed by atoms with E-state index in [9.17, 15) is 14.4 Å². The van der Waals surface area contributed by atoms with Gasteiger partial charge in [0.1, 0.15) is 12.0 Å². The maximum Gasteiger partial charge on any atom is 0.255 e. The van der Waals surface area contributed by atoms with E-state index in [4.69, 9.17) is 21.9 Å². The minimum absolute atomic E-state index is 0.215. The predicted molar refractivity (Wildman–Crippen MR) is 113 cm³/mol. The minimum atomic E-state index is -0.664. The van der Waals surface area contributed by atoms with Gasteiger partial charge >= 0.3 is 0 Å². The zero-order chi connectivity index (χ0) is 21.6. The maximum absolute atomic E-state index is 12.6. The van der Waals surface area contributed by atoms with Crippen molar-refractivity contribution in [2.24, 2.45) is 17.2 Å². The van der Waals surface area contributed by atoms with Crippen LogP contribution in [0.15, 0.2) is 18.2 Å². The van der Waals surface area contributed by atoms with Crippen molar-refractivity contribution in [1.82, 2.24) is 5.32 Å². The minimum Gasteiger partial charge on any atom is -0.496 e. The van der Waals surface area contributed by atoms with E-state index >= 15 is 0 Å². The molecule has 0 saturated carbocycles. The zero-order valence-electron chi connectivity index (χ0n) is 17.0. The van der Waals surface area contributed by atoms with Crippen LogP contribution in [0.2, 0.25) is 0 Å². The molecule has 29 heavy (non-hydrogen) atoms. The molecular formula is C20H33N5O4. The molecule has 0 spiro atoms. The summed E-state index contributed by atoms with van der Waals surface area (Å²) in [7, 11) is 1.44. The lowest BCUT2D eigenvalue weighted by Gasteiger charge is -2.16. The fraction of sp³-hybridized carbons (Fsp3) is 0.550. The Bertz CT molecular complexity index is 668. The quantitative estimate of drug-likeness (QED) is 0.222. The summed E-state index contributed by atoms with van der Waals surface area (Å²) in [4.78, 5) is 36.2. The van der Waals surface area contributed by atoms with E-state index in [2.05, 4.69) is 10.6 Å². The van der Waals surface area contributed by atoms with E-state index in [1.165, 1.54) is 13.2 Å². The van der Waals surface area contributed by atoms with Crippen molar-refractivity contribution in [3.05, 3.63) is 23.8 Å². The topological polar surface area (TPSA) is 163 Å². The number of unbranched alkanes of at least 4 members (excludes halogenated alkanes) is 2. The highest BCUT2D eigenvalue weighted by Crippen LogP contribution is 2.23. The first-order chi connectivity index (χ1) is 14.0. The molecule has 9 nitrogen and oxygen atoms in total. The summed E-state index contributed by atoms with van der Waals surface area (Å²) >= 11 is 0. The largest absolute Gasteiger partial charge is 0.496 e. The molecule has 8 N–H and O–H groups in total. The number of hydrogen-bond donors (Lipinski definition) is 5. The second kappa shape index (κ2) is 13.6. The molecule has 2 atom stereocenters. The third-order valence-electron chi connectivity index (χ3n) is 4.47. The Morgan fingerprint density at radius 1 is 1.10 bits per heavy atom. The highest BCUT2D eigenvalue weighted by Gasteiger charge is 2.19. The Hall–Kier alpha value is -2.49. The standard InChI is InChI=1S/C20H33N5O4/c1-29-18-9-8-14(24-20(28)17(23)7-3-5-11-22)12-16(18)19(27)25-15(13-26)6-2-4-10-21/h8-9,12-13,15,17H,2-7,10-11,21-23H2,1H3,(H,24,28)(H,25,27)/t15-,17-/m0/s1. The lowest BCUT2D eigenvalue weighted by molar-refractivity contribution is -0.117. The van der Waals surface area contributed by atoms with Crippen molar-refractivity contribution in [2.45, 2.75) is 50.6 Å². The molecule has 0 unspecified atom stereocenters. The SMILES string of the molecule is COc1ccc(NC(=O)[C@@H](N)CCCCN)cc1C(=O)N[C@H](C=O)CCCCN. The summed E-state index contributed by atoms with van der Waals surface area (Å²) in [5, 5.41) is 5.39. The third-order valence-corrected chi connectivity index (χ3v) is 4.47. The van der Waals surface area contributed by atoms with Gasteiger partial charge < -0.3 is 37.4 Å². The Morgan fingerprint density at radius 3 is 2.34 bits per heavy atom. The molecule has 1 aromatic carbocycles. The van der Waals surface area contributed by atoms with Gasteiger partial charge in [0.25, 0.3) is 5.91 Å². The van der Waals surface area contributed by atoms with Crippen LogP contribution in [0, 0.1) is 0 Å². The fourth-order valence-electron chi connectivity index (χ4n) is 2.77. The first kappa shape index (κ1) is 24.5. The molecule has 0 bridgehead atoms. The number of benzene rings is 1. The van der Waals surface area contributed by atoms with E-state index < -0.39 is 18.0 Å². The number of aldehydes is 1. The van der Waals surface area contributed by atoms with E-state index in [0.717, 1.165) is 25.7 Å². The average molecular weight is 408 g/mol. The molecule has 0 saturated heterocycles. The second-order valence-electron chi connectivity index (χ2n) is 6.80. The highest BCUT2D eigenvalue weighted by atomic mass is 16.5. The van der Waals surface area contributed by atoms with Crippen molar-refractivity contribution in [3.8, 4) is 5.75 Å². The van der Waals surface area contributed by atoms with Gasteiger partial charge in [-0.25, -0.2) is 0 Å². The van der Waals surface area contributed by atoms with E-state index in [0.29, 0.717) is 43.7 Å². The summed E-state index contributed by atoms with van der Waals surface area (Å²) in [6, 6.07) is 3.42. The van der Waals surface area contributed by atoms with Gasteiger partial charge in [-0.15, -0.1) is 0 Å². The molecule has 0 aliphatic heterocycles. The van der Waals surface area contributed by atoms with Crippen molar-refractivity contribution in [2.75, 3.05) is 25.5 Å². The van der Waals surface area contributed by atoms with Gasteiger partial charge in [0.05, 0.1) is 24.8 Å².